The molecule has 0 atom stereocenters. The zero-order valence-corrected chi connectivity index (χ0v) is 11.2. The van der Waals surface area contributed by atoms with E-state index in [0.717, 1.165) is 0 Å². The van der Waals surface area contributed by atoms with Crippen molar-refractivity contribution in [3.63, 3.8) is 0 Å². The molecule has 0 N–H and O–H groups in total. The van der Waals surface area contributed by atoms with Gasteiger partial charge >= 0.3 is 0 Å². The highest BCUT2D eigenvalue weighted by molar-refractivity contribution is 6.85. The molecule has 1 aliphatic heterocycles. The van der Waals surface area contributed by atoms with E-state index in [2.05, 4.69) is 56.1 Å². The van der Waals surface area contributed by atoms with Crippen LogP contribution in [0.4, 0.5) is 0 Å². The van der Waals surface area contributed by atoms with Gasteiger partial charge in [-0.25, -0.2) is 0 Å². The van der Waals surface area contributed by atoms with Crippen LogP contribution in [-0.4, -0.2) is 56.3 Å². The fourth-order valence-corrected chi connectivity index (χ4v) is 3.19. The van der Waals surface area contributed by atoms with E-state index in [1.165, 1.54) is 19.0 Å². The molecule has 1 saturated heterocycles. The van der Waals surface area contributed by atoms with Crippen molar-refractivity contribution in [2.75, 3.05) is 21.1 Å². The molecular weight excluding hydrogens is 183 g/mol. The molecule has 0 aromatic carbocycles. The van der Waals surface area contributed by atoms with Crippen molar-refractivity contribution in [2.24, 2.45) is 0 Å². The number of rotatable bonds is 3. The molecule has 0 aliphatic carbocycles. The molecule has 0 spiro atoms. The fourth-order valence-electron chi connectivity index (χ4n) is 3.19. The van der Waals surface area contributed by atoms with E-state index in [1.807, 2.05) is 0 Å². The lowest BCUT2D eigenvalue weighted by Crippen LogP contribution is -2.74. The van der Waals surface area contributed by atoms with Gasteiger partial charge in [0.25, 0.3) is 20.9 Å². The van der Waals surface area contributed by atoms with Gasteiger partial charge in [-0.05, 0) is 40.1 Å². The van der Waals surface area contributed by atoms with Gasteiger partial charge in [0.2, 0.25) is 0 Å². The van der Waals surface area contributed by atoms with Crippen molar-refractivity contribution in [3.8, 4) is 0 Å². The Morgan fingerprint density at radius 3 is 0.933 bits per heavy atom. The van der Waals surface area contributed by atoms with Crippen molar-refractivity contribution in [1.82, 2.24) is 14.2 Å². The summed E-state index contributed by atoms with van der Waals surface area (Å²) in [4.78, 5) is 0. The standard InChI is InChI=1S/C9H24B3N3/c1-7-10-13(4)11(8-2)15(6)12(9-3)14(10)5/h7-9H2,1-6H3. The van der Waals surface area contributed by atoms with Crippen LogP contribution in [0.2, 0.25) is 19.0 Å². The lowest BCUT2D eigenvalue weighted by molar-refractivity contribution is 0.527. The van der Waals surface area contributed by atoms with Crippen LogP contribution in [0.15, 0.2) is 0 Å². The van der Waals surface area contributed by atoms with Crippen molar-refractivity contribution >= 4 is 20.9 Å². The largest absolute Gasteiger partial charge is 0.360 e. The maximum absolute atomic E-state index is 2.51. The Hall–Kier alpha value is 0.0748. The Kier molecular flexibility index (Phi) is 4.75. The number of hydrogen-bond acceptors (Lipinski definition) is 3. The highest BCUT2D eigenvalue weighted by Gasteiger charge is 2.45. The van der Waals surface area contributed by atoms with Crippen LogP contribution in [0.25, 0.3) is 0 Å². The first-order valence-corrected chi connectivity index (χ1v) is 6.24. The lowest BCUT2D eigenvalue weighted by Gasteiger charge is -2.50. The second kappa shape index (κ2) is 5.42. The van der Waals surface area contributed by atoms with E-state index in [-0.39, 0.29) is 0 Å². The first-order valence-electron chi connectivity index (χ1n) is 6.24. The van der Waals surface area contributed by atoms with E-state index in [4.69, 9.17) is 0 Å². The van der Waals surface area contributed by atoms with Crippen LogP contribution in [0.3, 0.4) is 0 Å². The van der Waals surface area contributed by atoms with E-state index >= 15 is 0 Å². The molecule has 3 nitrogen and oxygen atoms in total. The third-order valence-electron chi connectivity index (χ3n) is 3.92. The van der Waals surface area contributed by atoms with E-state index in [9.17, 15) is 0 Å². The topological polar surface area (TPSA) is 9.72 Å². The minimum Gasteiger partial charge on any atom is -0.360 e. The molecule has 0 aromatic heterocycles. The molecule has 1 heterocycles. The third-order valence-corrected chi connectivity index (χ3v) is 3.92. The van der Waals surface area contributed by atoms with Crippen LogP contribution in [0, 0.1) is 0 Å². The zero-order chi connectivity index (χ0) is 11.6. The first kappa shape index (κ1) is 13.1. The predicted molar refractivity (Wildman–Crippen MR) is 72.0 cm³/mol. The highest BCUT2D eigenvalue weighted by Crippen LogP contribution is 2.21. The van der Waals surface area contributed by atoms with Crippen LogP contribution >= 0.6 is 0 Å². The van der Waals surface area contributed by atoms with Gasteiger partial charge in [0.05, 0.1) is 0 Å². The minimum atomic E-state index is 0.594. The number of hydrogen-bond donors (Lipinski definition) is 0. The lowest BCUT2D eigenvalue weighted by atomic mass is 9.41. The Morgan fingerprint density at radius 2 is 0.800 bits per heavy atom. The molecule has 0 amide bonds. The average Bonchev–Trinajstić information content (AvgIpc) is 2.19. The van der Waals surface area contributed by atoms with Gasteiger partial charge in [-0.1, -0.05) is 20.8 Å². The molecule has 1 aliphatic rings. The molecule has 1 fully saturated rings. The molecular formula is C9H24B3N3. The summed E-state index contributed by atoms with van der Waals surface area (Å²) in [5.41, 5.74) is 0. The van der Waals surface area contributed by atoms with Crippen molar-refractivity contribution in [3.05, 3.63) is 0 Å². The Morgan fingerprint density at radius 1 is 0.600 bits per heavy atom. The summed E-state index contributed by atoms with van der Waals surface area (Å²) in [6, 6.07) is 0. The molecule has 0 saturated carbocycles. The van der Waals surface area contributed by atoms with Crippen molar-refractivity contribution in [1.29, 1.82) is 0 Å². The van der Waals surface area contributed by atoms with Gasteiger partial charge < -0.3 is 14.2 Å². The zero-order valence-electron chi connectivity index (χ0n) is 11.2. The Labute approximate surface area is 96.5 Å². The van der Waals surface area contributed by atoms with E-state index < -0.39 is 0 Å². The smallest absolute Gasteiger partial charge is 0.289 e. The van der Waals surface area contributed by atoms with Gasteiger partial charge in [0.15, 0.2) is 0 Å². The minimum absolute atomic E-state index is 0.594. The van der Waals surface area contributed by atoms with Crippen molar-refractivity contribution < 1.29 is 0 Å². The maximum atomic E-state index is 2.51. The second-order valence-electron chi connectivity index (χ2n) is 4.66. The third kappa shape index (κ3) is 2.27. The van der Waals surface area contributed by atoms with Crippen LogP contribution in [0.5, 0.6) is 0 Å². The highest BCUT2D eigenvalue weighted by atomic mass is 15.3. The van der Waals surface area contributed by atoms with Crippen LogP contribution in [0.1, 0.15) is 20.8 Å². The molecule has 6 heteroatoms. The summed E-state index contributed by atoms with van der Waals surface area (Å²) < 4.78 is 7.52. The van der Waals surface area contributed by atoms with Gasteiger partial charge in [-0.15, -0.1) is 0 Å². The molecule has 84 valence electrons. The van der Waals surface area contributed by atoms with E-state index in [1.54, 1.807) is 0 Å². The summed E-state index contributed by atoms with van der Waals surface area (Å²) >= 11 is 0. The van der Waals surface area contributed by atoms with Gasteiger partial charge in [0, 0.05) is 0 Å². The summed E-state index contributed by atoms with van der Waals surface area (Å²) in [5, 5.41) is 0. The molecule has 0 aromatic rings. The normalized spacial score (nSPS) is 21.6. The van der Waals surface area contributed by atoms with Gasteiger partial charge in [-0.3, -0.25) is 0 Å². The Bertz CT molecular complexity index is 160. The predicted octanol–water partition coefficient (Wildman–Crippen LogP) is 1.32. The molecule has 0 bridgehead atoms. The summed E-state index contributed by atoms with van der Waals surface area (Å²) in [6.45, 7) is 8.62. The second-order valence-corrected chi connectivity index (χ2v) is 4.66. The van der Waals surface area contributed by atoms with Crippen LogP contribution in [-0.2, 0) is 0 Å². The van der Waals surface area contributed by atoms with E-state index in [0.29, 0.717) is 20.9 Å². The molecule has 1 rings (SSSR count). The average molecular weight is 207 g/mol. The molecule has 0 radical (unpaired) electrons. The van der Waals surface area contributed by atoms with Crippen LogP contribution < -0.4 is 0 Å². The van der Waals surface area contributed by atoms with Gasteiger partial charge in [-0.2, -0.15) is 0 Å². The van der Waals surface area contributed by atoms with Gasteiger partial charge in [0.1, 0.15) is 0 Å². The summed E-state index contributed by atoms with van der Waals surface area (Å²) in [5.74, 6) is 0. The van der Waals surface area contributed by atoms with Crippen molar-refractivity contribution in [2.45, 2.75) is 39.7 Å². The summed E-state index contributed by atoms with van der Waals surface area (Å²) in [7, 11) is 6.75. The monoisotopic (exact) mass is 207 g/mol. The fraction of sp³-hybridized carbons (Fsp3) is 1.00. The molecule has 0 unspecified atom stereocenters. The summed E-state index contributed by atoms with van der Waals surface area (Å²) in [6.07, 6.45) is 3.61. The maximum Gasteiger partial charge on any atom is 0.289 e. The molecule has 15 heavy (non-hydrogen) atoms. The Balaban J connectivity index is 2.87. The first-order chi connectivity index (χ1) is 7.08. The SMILES string of the molecule is CCB1N(C)B(CC)N(C)B(CC)N1C. The number of nitrogens with zero attached hydrogens (tertiary/aromatic N) is 3. The quantitative estimate of drug-likeness (QED) is 0.645.